The van der Waals surface area contributed by atoms with Gasteiger partial charge in [-0.3, -0.25) is 4.72 Å². The fourth-order valence-corrected chi connectivity index (χ4v) is 3.76. The smallest absolute Gasteiger partial charge is 0.410 e. The average molecular weight is 362 g/mol. The zero-order valence-corrected chi connectivity index (χ0v) is 14.4. The topological polar surface area (TPSA) is 95.9 Å². The molecule has 0 aromatic heterocycles. The van der Waals surface area contributed by atoms with E-state index in [-0.39, 0.29) is 16.7 Å². The van der Waals surface area contributed by atoms with Crippen LogP contribution in [0.25, 0.3) is 0 Å². The summed E-state index contributed by atoms with van der Waals surface area (Å²) < 4.78 is 32.2. The van der Waals surface area contributed by atoms with Crippen LogP contribution < -0.4 is 4.72 Å². The molecule has 7 nitrogen and oxygen atoms in total. The Morgan fingerprint density at radius 1 is 1.20 bits per heavy atom. The van der Waals surface area contributed by atoms with Gasteiger partial charge >= 0.3 is 6.09 Å². The van der Waals surface area contributed by atoms with Gasteiger partial charge in [0.05, 0.1) is 6.54 Å². The number of hydrogen-bond donors (Lipinski definition) is 2. The number of anilines is 1. The van der Waals surface area contributed by atoms with E-state index in [1.54, 1.807) is 42.2 Å². The van der Waals surface area contributed by atoms with Crippen LogP contribution in [0.5, 0.6) is 5.75 Å². The molecule has 2 N–H and O–H groups in total. The van der Waals surface area contributed by atoms with Crippen molar-refractivity contribution in [1.82, 2.24) is 4.90 Å². The Morgan fingerprint density at radius 2 is 1.92 bits per heavy atom. The van der Waals surface area contributed by atoms with Crippen LogP contribution in [0, 0.1) is 6.92 Å². The molecule has 0 unspecified atom stereocenters. The zero-order valence-electron chi connectivity index (χ0n) is 13.6. The number of sulfonamides is 1. The van der Waals surface area contributed by atoms with Crippen molar-refractivity contribution in [2.24, 2.45) is 0 Å². The number of nitrogens with zero attached hydrogens (tertiary/aromatic N) is 1. The van der Waals surface area contributed by atoms with Crippen LogP contribution in [0.3, 0.4) is 0 Å². The molecule has 0 aliphatic carbocycles. The average Bonchev–Trinajstić information content (AvgIpc) is 2.96. The summed E-state index contributed by atoms with van der Waals surface area (Å²) in [5, 5.41) is 9.81. The molecule has 1 heterocycles. The van der Waals surface area contributed by atoms with Gasteiger partial charge in [0.25, 0.3) is 10.0 Å². The van der Waals surface area contributed by atoms with E-state index in [0.717, 1.165) is 11.1 Å². The minimum Gasteiger partial charge on any atom is -0.507 e. The first-order chi connectivity index (χ1) is 11.8. The van der Waals surface area contributed by atoms with Gasteiger partial charge in [0.15, 0.2) is 0 Å². The Hall–Kier alpha value is -2.74. The number of rotatable bonds is 5. The summed E-state index contributed by atoms with van der Waals surface area (Å²) >= 11 is 0. The van der Waals surface area contributed by atoms with E-state index in [9.17, 15) is 18.3 Å². The van der Waals surface area contributed by atoms with Gasteiger partial charge in [-0.1, -0.05) is 18.2 Å². The minimum atomic E-state index is -3.90. The summed E-state index contributed by atoms with van der Waals surface area (Å²) in [6.45, 7) is 3.08. The standard InChI is InChI=1S/C17H18N2O5S/c1-12-2-7-15(20)16(10-12)25(22,23)18-14-5-3-13(4-6-14)11-19-8-9-24-17(19)21/h2-7,10,18,20H,8-9,11H2,1H3. The lowest BCUT2D eigenvalue weighted by Gasteiger charge is -2.13. The molecule has 2 aromatic carbocycles. The first-order valence-corrected chi connectivity index (χ1v) is 9.16. The van der Waals surface area contributed by atoms with Crippen LogP contribution in [-0.4, -0.2) is 37.7 Å². The summed E-state index contributed by atoms with van der Waals surface area (Å²) in [7, 11) is -3.90. The Balaban J connectivity index is 1.74. The van der Waals surface area contributed by atoms with E-state index >= 15 is 0 Å². The molecule has 3 rings (SSSR count). The van der Waals surface area contributed by atoms with Gasteiger partial charge in [-0.25, -0.2) is 13.2 Å². The molecular weight excluding hydrogens is 344 g/mol. The maximum Gasteiger partial charge on any atom is 0.410 e. The predicted octanol–water partition coefficient (Wildman–Crippen LogP) is 2.45. The summed E-state index contributed by atoms with van der Waals surface area (Å²) in [5.74, 6) is -0.303. The van der Waals surface area contributed by atoms with Crippen LogP contribution in [0.2, 0.25) is 0 Å². The minimum absolute atomic E-state index is 0.170. The second-order valence-corrected chi connectivity index (χ2v) is 7.46. The third-order valence-corrected chi connectivity index (χ3v) is 5.24. The molecule has 2 aromatic rings. The van der Waals surface area contributed by atoms with Gasteiger partial charge in [-0.2, -0.15) is 0 Å². The van der Waals surface area contributed by atoms with Crippen molar-refractivity contribution in [3.8, 4) is 5.75 Å². The molecule has 25 heavy (non-hydrogen) atoms. The van der Waals surface area contributed by atoms with Crippen LogP contribution in [0.1, 0.15) is 11.1 Å². The number of hydrogen-bond acceptors (Lipinski definition) is 5. The van der Waals surface area contributed by atoms with Crippen molar-refractivity contribution in [3.05, 3.63) is 53.6 Å². The molecule has 1 aliphatic heterocycles. The number of amides is 1. The lowest BCUT2D eigenvalue weighted by Crippen LogP contribution is -2.23. The van der Waals surface area contributed by atoms with E-state index < -0.39 is 10.0 Å². The second-order valence-electron chi connectivity index (χ2n) is 5.81. The van der Waals surface area contributed by atoms with Crippen molar-refractivity contribution >= 4 is 21.8 Å². The van der Waals surface area contributed by atoms with Gasteiger partial charge < -0.3 is 14.7 Å². The number of nitrogens with one attached hydrogen (secondary N) is 1. The van der Waals surface area contributed by atoms with Crippen molar-refractivity contribution in [2.75, 3.05) is 17.9 Å². The van der Waals surface area contributed by atoms with Crippen molar-refractivity contribution in [3.63, 3.8) is 0 Å². The maximum absolute atomic E-state index is 12.4. The molecule has 0 atom stereocenters. The summed E-state index contributed by atoms with van der Waals surface area (Å²) in [4.78, 5) is 12.8. The van der Waals surface area contributed by atoms with E-state index in [0.29, 0.717) is 25.4 Å². The Kier molecular flexibility index (Phi) is 4.54. The molecule has 0 bridgehead atoms. The number of aromatic hydroxyl groups is 1. The number of benzene rings is 2. The van der Waals surface area contributed by atoms with Crippen molar-refractivity contribution < 1.29 is 23.1 Å². The highest BCUT2D eigenvalue weighted by Gasteiger charge is 2.22. The predicted molar refractivity (Wildman–Crippen MR) is 91.9 cm³/mol. The third-order valence-electron chi connectivity index (χ3n) is 3.83. The van der Waals surface area contributed by atoms with Crippen molar-refractivity contribution in [1.29, 1.82) is 0 Å². The third kappa shape index (κ3) is 3.85. The number of phenolic OH excluding ortho intramolecular Hbond substituents is 1. The van der Waals surface area contributed by atoms with Crippen LogP contribution in [0.4, 0.5) is 10.5 Å². The van der Waals surface area contributed by atoms with Crippen molar-refractivity contribution in [2.45, 2.75) is 18.4 Å². The number of phenols is 1. The van der Waals surface area contributed by atoms with Gasteiger partial charge in [0.2, 0.25) is 0 Å². The van der Waals surface area contributed by atoms with Crippen LogP contribution >= 0.6 is 0 Å². The molecule has 0 saturated carbocycles. The molecule has 8 heteroatoms. The fraction of sp³-hybridized carbons (Fsp3) is 0.235. The Morgan fingerprint density at radius 3 is 2.56 bits per heavy atom. The molecule has 1 fully saturated rings. The Bertz CT molecular complexity index is 894. The van der Waals surface area contributed by atoms with Crippen LogP contribution in [0.15, 0.2) is 47.4 Å². The molecular formula is C17H18N2O5S. The van der Waals surface area contributed by atoms with Gasteiger partial charge in [-0.05, 0) is 42.3 Å². The molecule has 1 aliphatic rings. The van der Waals surface area contributed by atoms with Gasteiger partial charge in [0, 0.05) is 12.2 Å². The van der Waals surface area contributed by atoms with E-state index in [1.165, 1.54) is 12.1 Å². The molecule has 0 radical (unpaired) electrons. The fourth-order valence-electron chi connectivity index (χ4n) is 2.51. The summed E-state index contributed by atoms with van der Waals surface area (Å²) in [5.41, 5.74) is 1.96. The molecule has 1 amide bonds. The zero-order chi connectivity index (χ0) is 18.0. The maximum atomic E-state index is 12.4. The lowest BCUT2D eigenvalue weighted by molar-refractivity contribution is 0.157. The number of ether oxygens (including phenoxy) is 1. The molecule has 132 valence electrons. The lowest BCUT2D eigenvalue weighted by atomic mass is 10.2. The summed E-state index contributed by atoms with van der Waals surface area (Å²) in [6.07, 6.45) is -0.347. The highest BCUT2D eigenvalue weighted by atomic mass is 32.2. The second kappa shape index (κ2) is 6.64. The molecule has 1 saturated heterocycles. The van der Waals surface area contributed by atoms with E-state index in [4.69, 9.17) is 4.74 Å². The van der Waals surface area contributed by atoms with Gasteiger partial charge in [-0.15, -0.1) is 0 Å². The highest BCUT2D eigenvalue weighted by Crippen LogP contribution is 2.26. The Labute approximate surface area is 145 Å². The SMILES string of the molecule is Cc1ccc(O)c(S(=O)(=O)Nc2ccc(CN3CCOC3=O)cc2)c1. The number of cyclic esters (lactones) is 1. The van der Waals surface area contributed by atoms with E-state index in [2.05, 4.69) is 4.72 Å². The highest BCUT2D eigenvalue weighted by molar-refractivity contribution is 7.92. The monoisotopic (exact) mass is 362 g/mol. The number of aryl methyl sites for hydroxylation is 1. The summed E-state index contributed by atoms with van der Waals surface area (Å²) in [6, 6.07) is 11.1. The number of carbonyl (C=O) groups excluding carboxylic acids is 1. The number of carbonyl (C=O) groups is 1. The largest absolute Gasteiger partial charge is 0.507 e. The first kappa shape index (κ1) is 17.1. The normalized spacial score (nSPS) is 14.4. The van der Waals surface area contributed by atoms with Gasteiger partial charge in [0.1, 0.15) is 17.3 Å². The quantitative estimate of drug-likeness (QED) is 0.852. The molecule has 0 spiro atoms. The van der Waals surface area contributed by atoms with E-state index in [1.807, 2.05) is 0 Å². The first-order valence-electron chi connectivity index (χ1n) is 7.68. The van der Waals surface area contributed by atoms with Crippen LogP contribution in [-0.2, 0) is 21.3 Å².